The number of carbonyl (C=O) groups excluding carboxylic acids is 1. The third-order valence-electron chi connectivity index (χ3n) is 3.57. The zero-order chi connectivity index (χ0) is 17.2. The molecule has 0 saturated carbocycles. The van der Waals surface area contributed by atoms with Gasteiger partial charge in [0.1, 0.15) is 0 Å². The number of hydrogen-bond acceptors (Lipinski definition) is 2. The van der Waals surface area contributed by atoms with Crippen LogP contribution in [0.4, 0.5) is 13.2 Å². The molecule has 0 fully saturated rings. The molecule has 1 heterocycles. The quantitative estimate of drug-likeness (QED) is 0.931. The summed E-state index contributed by atoms with van der Waals surface area (Å²) in [5, 5.41) is 7.00. The second kappa shape index (κ2) is 6.44. The number of nitrogens with zero attached hydrogens (tertiary/aromatic N) is 2. The Morgan fingerprint density at radius 1 is 1.39 bits per heavy atom. The van der Waals surface area contributed by atoms with E-state index in [1.807, 2.05) is 20.0 Å². The predicted molar refractivity (Wildman–Crippen MR) is 80.0 cm³/mol. The van der Waals surface area contributed by atoms with Crippen LogP contribution in [0, 0.1) is 6.92 Å². The number of aryl methyl sites for hydroxylation is 2. The van der Waals surface area contributed by atoms with Crippen LogP contribution >= 0.6 is 0 Å². The molecule has 1 N–H and O–H groups in total. The van der Waals surface area contributed by atoms with Crippen LogP contribution in [-0.2, 0) is 12.7 Å². The van der Waals surface area contributed by atoms with Crippen molar-refractivity contribution in [3.05, 3.63) is 52.8 Å². The van der Waals surface area contributed by atoms with E-state index in [4.69, 9.17) is 0 Å². The molecule has 0 radical (unpaired) electrons. The first-order chi connectivity index (χ1) is 10.7. The summed E-state index contributed by atoms with van der Waals surface area (Å²) < 4.78 is 39.9. The van der Waals surface area contributed by atoms with Crippen LogP contribution in [0.1, 0.15) is 47.1 Å². The van der Waals surface area contributed by atoms with E-state index < -0.39 is 17.6 Å². The van der Waals surface area contributed by atoms with Crippen LogP contribution in [0.25, 0.3) is 0 Å². The minimum atomic E-state index is -4.47. The molecule has 23 heavy (non-hydrogen) atoms. The lowest BCUT2D eigenvalue weighted by molar-refractivity contribution is -0.137. The van der Waals surface area contributed by atoms with Gasteiger partial charge in [-0.15, -0.1) is 0 Å². The van der Waals surface area contributed by atoms with Crippen LogP contribution in [-0.4, -0.2) is 15.7 Å². The van der Waals surface area contributed by atoms with Crippen molar-refractivity contribution in [2.75, 3.05) is 0 Å². The molecule has 124 valence electrons. The summed E-state index contributed by atoms with van der Waals surface area (Å²) in [6, 6.07) is 4.03. The number of halogens is 3. The summed E-state index contributed by atoms with van der Waals surface area (Å²) in [4.78, 5) is 12.2. The van der Waals surface area contributed by atoms with Crippen molar-refractivity contribution < 1.29 is 18.0 Å². The first-order valence-corrected chi connectivity index (χ1v) is 7.24. The smallest absolute Gasteiger partial charge is 0.345 e. The largest absolute Gasteiger partial charge is 0.416 e. The molecule has 0 aliphatic rings. The third kappa shape index (κ3) is 3.91. The lowest BCUT2D eigenvalue weighted by Crippen LogP contribution is -2.27. The summed E-state index contributed by atoms with van der Waals surface area (Å²) in [7, 11) is 0. The highest BCUT2D eigenvalue weighted by Gasteiger charge is 2.31. The van der Waals surface area contributed by atoms with Crippen molar-refractivity contribution >= 4 is 5.91 Å². The van der Waals surface area contributed by atoms with E-state index in [0.29, 0.717) is 6.54 Å². The maximum Gasteiger partial charge on any atom is 0.416 e. The Labute approximate surface area is 132 Å². The number of benzene rings is 1. The fourth-order valence-corrected chi connectivity index (χ4v) is 2.31. The van der Waals surface area contributed by atoms with E-state index >= 15 is 0 Å². The summed E-state index contributed by atoms with van der Waals surface area (Å²) in [6.45, 7) is 6.25. The first-order valence-electron chi connectivity index (χ1n) is 7.24. The SMILES string of the molecule is CCn1cc(C(C)NC(=O)c2cccc(C(F)(F)F)c2)c(C)n1. The van der Waals surface area contributed by atoms with E-state index in [0.717, 1.165) is 23.4 Å². The highest BCUT2D eigenvalue weighted by Crippen LogP contribution is 2.29. The average Bonchev–Trinajstić information content (AvgIpc) is 2.87. The normalized spacial score (nSPS) is 13.0. The van der Waals surface area contributed by atoms with Gasteiger partial charge in [0, 0.05) is 23.9 Å². The van der Waals surface area contributed by atoms with E-state index in [1.54, 1.807) is 11.6 Å². The van der Waals surface area contributed by atoms with Crippen LogP contribution in [0.5, 0.6) is 0 Å². The summed E-state index contributed by atoms with van der Waals surface area (Å²) in [5.41, 5.74) is 0.760. The fourth-order valence-electron chi connectivity index (χ4n) is 2.31. The van der Waals surface area contributed by atoms with E-state index in [9.17, 15) is 18.0 Å². The molecule has 2 rings (SSSR count). The monoisotopic (exact) mass is 325 g/mol. The molecule has 0 spiro atoms. The van der Waals surface area contributed by atoms with Gasteiger partial charge in [0.2, 0.25) is 0 Å². The molecule has 1 aromatic carbocycles. The maximum absolute atomic E-state index is 12.7. The summed E-state index contributed by atoms with van der Waals surface area (Å²) in [5.74, 6) is -0.549. The van der Waals surface area contributed by atoms with Crippen LogP contribution in [0.2, 0.25) is 0 Å². The molecular formula is C16H18F3N3O. The van der Waals surface area contributed by atoms with Crippen LogP contribution in [0.15, 0.2) is 30.5 Å². The topological polar surface area (TPSA) is 46.9 Å². The fraction of sp³-hybridized carbons (Fsp3) is 0.375. The van der Waals surface area contributed by atoms with Gasteiger partial charge in [-0.2, -0.15) is 18.3 Å². The lowest BCUT2D eigenvalue weighted by atomic mass is 10.1. The number of alkyl halides is 3. The highest BCUT2D eigenvalue weighted by atomic mass is 19.4. The number of aromatic nitrogens is 2. The first kappa shape index (κ1) is 17.1. The molecule has 1 amide bonds. The summed E-state index contributed by atoms with van der Waals surface area (Å²) >= 11 is 0. The molecule has 0 aliphatic carbocycles. The second-order valence-corrected chi connectivity index (χ2v) is 5.30. The molecule has 0 saturated heterocycles. The van der Waals surface area contributed by atoms with Crippen molar-refractivity contribution in [2.45, 2.75) is 39.5 Å². The Morgan fingerprint density at radius 3 is 2.65 bits per heavy atom. The van der Waals surface area contributed by atoms with E-state index in [-0.39, 0.29) is 11.6 Å². The van der Waals surface area contributed by atoms with Gasteiger partial charge in [-0.05, 0) is 39.0 Å². The summed E-state index contributed by atoms with van der Waals surface area (Å²) in [6.07, 6.45) is -2.65. The minimum absolute atomic E-state index is 0.0211. The Morgan fingerprint density at radius 2 is 2.09 bits per heavy atom. The van der Waals surface area contributed by atoms with Crippen molar-refractivity contribution in [2.24, 2.45) is 0 Å². The van der Waals surface area contributed by atoms with Gasteiger partial charge in [0.05, 0.1) is 17.3 Å². The maximum atomic E-state index is 12.7. The number of nitrogens with one attached hydrogen (secondary N) is 1. The molecule has 2 aromatic rings. The van der Waals surface area contributed by atoms with Crippen molar-refractivity contribution in [3.63, 3.8) is 0 Å². The van der Waals surface area contributed by atoms with Gasteiger partial charge in [0.15, 0.2) is 0 Å². The second-order valence-electron chi connectivity index (χ2n) is 5.30. The number of hydrogen-bond donors (Lipinski definition) is 1. The molecule has 4 nitrogen and oxygen atoms in total. The van der Waals surface area contributed by atoms with Gasteiger partial charge >= 0.3 is 6.18 Å². The Hall–Kier alpha value is -2.31. The van der Waals surface area contributed by atoms with Crippen LogP contribution in [0.3, 0.4) is 0 Å². The molecule has 7 heteroatoms. The van der Waals surface area contributed by atoms with Crippen LogP contribution < -0.4 is 5.32 Å². The van der Waals surface area contributed by atoms with Crippen molar-refractivity contribution in [1.29, 1.82) is 0 Å². The zero-order valence-electron chi connectivity index (χ0n) is 13.1. The minimum Gasteiger partial charge on any atom is -0.345 e. The van der Waals surface area contributed by atoms with Gasteiger partial charge in [-0.1, -0.05) is 6.07 Å². The standard InChI is InChI=1S/C16H18F3N3O/c1-4-22-9-14(11(3)21-22)10(2)20-15(23)12-6-5-7-13(8-12)16(17,18)19/h5-10H,4H2,1-3H3,(H,20,23). The van der Waals surface area contributed by atoms with Crippen molar-refractivity contribution in [1.82, 2.24) is 15.1 Å². The molecular weight excluding hydrogens is 307 g/mol. The Kier molecular flexibility index (Phi) is 4.77. The molecule has 1 unspecified atom stereocenters. The molecule has 1 atom stereocenters. The number of carbonyl (C=O) groups is 1. The van der Waals surface area contributed by atoms with Gasteiger partial charge in [-0.3, -0.25) is 9.48 Å². The molecule has 0 aliphatic heterocycles. The lowest BCUT2D eigenvalue weighted by Gasteiger charge is -2.14. The average molecular weight is 325 g/mol. The van der Waals surface area contributed by atoms with Gasteiger partial charge < -0.3 is 5.32 Å². The van der Waals surface area contributed by atoms with E-state index in [1.165, 1.54) is 12.1 Å². The van der Waals surface area contributed by atoms with Crippen molar-refractivity contribution in [3.8, 4) is 0 Å². The molecule has 0 bridgehead atoms. The Bertz CT molecular complexity index is 707. The van der Waals surface area contributed by atoms with Gasteiger partial charge in [0.25, 0.3) is 5.91 Å². The number of amides is 1. The molecule has 1 aromatic heterocycles. The zero-order valence-corrected chi connectivity index (χ0v) is 13.1. The highest BCUT2D eigenvalue weighted by molar-refractivity contribution is 5.94. The Balaban J connectivity index is 2.17. The van der Waals surface area contributed by atoms with E-state index in [2.05, 4.69) is 10.4 Å². The third-order valence-corrected chi connectivity index (χ3v) is 3.57. The predicted octanol–water partition coefficient (Wildman–Crippen LogP) is 3.72. The van der Waals surface area contributed by atoms with Gasteiger partial charge in [-0.25, -0.2) is 0 Å². The number of rotatable bonds is 4.